The summed E-state index contributed by atoms with van der Waals surface area (Å²) in [7, 11) is 2.90. The average molecular weight is 241 g/mol. The molecule has 0 spiro atoms. The van der Waals surface area contributed by atoms with Crippen LogP contribution in [0.5, 0.6) is 0 Å². The number of aromatic nitrogens is 3. The number of ether oxygens (including phenoxy) is 2. The molecule has 6 nitrogen and oxygen atoms in total. The van der Waals surface area contributed by atoms with Crippen molar-refractivity contribution in [3.05, 3.63) is 11.4 Å². The molecule has 6 heteroatoms. The van der Waals surface area contributed by atoms with E-state index in [1.807, 2.05) is 6.92 Å². The third kappa shape index (κ3) is 3.03. The van der Waals surface area contributed by atoms with Gasteiger partial charge in [0.2, 0.25) is 0 Å². The minimum atomic E-state index is -0.480. The SMILES string of the molecule is CCCC(C)n1nnc(C(=O)OC)c1COC. The Labute approximate surface area is 101 Å². The molecular weight excluding hydrogens is 222 g/mol. The summed E-state index contributed by atoms with van der Waals surface area (Å²) in [6.07, 6.45) is 2.02. The number of hydrogen-bond acceptors (Lipinski definition) is 5. The lowest BCUT2D eigenvalue weighted by Crippen LogP contribution is -2.13. The Hall–Kier alpha value is -1.43. The highest BCUT2D eigenvalue weighted by atomic mass is 16.5. The molecule has 0 saturated heterocycles. The van der Waals surface area contributed by atoms with E-state index in [1.54, 1.807) is 11.8 Å². The maximum Gasteiger partial charge on any atom is 0.360 e. The summed E-state index contributed by atoms with van der Waals surface area (Å²) >= 11 is 0. The van der Waals surface area contributed by atoms with E-state index in [1.165, 1.54) is 7.11 Å². The van der Waals surface area contributed by atoms with Gasteiger partial charge in [-0.1, -0.05) is 18.6 Å². The van der Waals surface area contributed by atoms with Gasteiger partial charge in [-0.25, -0.2) is 9.48 Å². The van der Waals surface area contributed by atoms with E-state index in [9.17, 15) is 4.79 Å². The molecule has 0 amide bonds. The van der Waals surface area contributed by atoms with Crippen molar-refractivity contribution in [2.45, 2.75) is 39.3 Å². The van der Waals surface area contributed by atoms with Gasteiger partial charge in [-0.2, -0.15) is 0 Å². The lowest BCUT2D eigenvalue weighted by molar-refractivity contribution is 0.0588. The third-order valence-electron chi connectivity index (χ3n) is 2.57. The Bertz CT molecular complexity index is 376. The van der Waals surface area contributed by atoms with Crippen molar-refractivity contribution >= 4 is 5.97 Å². The zero-order valence-corrected chi connectivity index (χ0v) is 10.8. The summed E-state index contributed by atoms with van der Waals surface area (Å²) in [6, 6.07) is 0.191. The van der Waals surface area contributed by atoms with E-state index in [2.05, 4.69) is 22.0 Å². The van der Waals surface area contributed by atoms with Gasteiger partial charge in [-0.3, -0.25) is 0 Å². The molecule has 0 aromatic carbocycles. The lowest BCUT2D eigenvalue weighted by atomic mass is 10.2. The fourth-order valence-electron chi connectivity index (χ4n) is 1.73. The van der Waals surface area contributed by atoms with Crippen LogP contribution in [0, 0.1) is 0 Å². The molecule has 1 rings (SSSR count). The zero-order valence-electron chi connectivity index (χ0n) is 10.8. The molecule has 1 atom stereocenters. The molecule has 0 N–H and O–H groups in total. The molecule has 0 bridgehead atoms. The van der Waals surface area contributed by atoms with E-state index >= 15 is 0 Å². The first kappa shape index (κ1) is 13.6. The number of rotatable bonds is 6. The smallest absolute Gasteiger partial charge is 0.360 e. The van der Waals surface area contributed by atoms with Gasteiger partial charge in [0, 0.05) is 7.11 Å². The van der Waals surface area contributed by atoms with Crippen LogP contribution in [0.15, 0.2) is 0 Å². The molecule has 17 heavy (non-hydrogen) atoms. The van der Waals surface area contributed by atoms with Crippen LogP contribution in [0.3, 0.4) is 0 Å². The van der Waals surface area contributed by atoms with Gasteiger partial charge in [-0.05, 0) is 13.3 Å². The summed E-state index contributed by atoms with van der Waals surface area (Å²) in [5.41, 5.74) is 0.901. The first-order chi connectivity index (χ1) is 8.15. The standard InChI is InChI=1S/C11H19N3O3/c1-5-6-8(2)14-9(7-16-3)10(12-13-14)11(15)17-4/h8H,5-7H2,1-4H3. The number of methoxy groups -OCH3 is 2. The minimum absolute atomic E-state index is 0.191. The van der Waals surface area contributed by atoms with E-state index in [0.29, 0.717) is 12.3 Å². The highest BCUT2D eigenvalue weighted by molar-refractivity contribution is 5.88. The Balaban J connectivity index is 3.05. The second-order valence-electron chi connectivity index (χ2n) is 3.89. The Kier molecular flexibility index (Phi) is 5.09. The van der Waals surface area contributed by atoms with Crippen LogP contribution in [0.1, 0.15) is 48.9 Å². The number of carbonyl (C=O) groups is 1. The normalized spacial score (nSPS) is 12.5. The van der Waals surface area contributed by atoms with Crippen LogP contribution in [0.4, 0.5) is 0 Å². The van der Waals surface area contributed by atoms with Crippen molar-refractivity contribution in [1.82, 2.24) is 15.0 Å². The molecule has 1 unspecified atom stereocenters. The summed E-state index contributed by atoms with van der Waals surface area (Å²) in [6.45, 7) is 4.44. The molecule has 1 aromatic rings. The Morgan fingerprint density at radius 2 is 2.18 bits per heavy atom. The van der Waals surface area contributed by atoms with Crippen LogP contribution in [0.25, 0.3) is 0 Å². The summed E-state index contributed by atoms with van der Waals surface area (Å²) < 4.78 is 11.5. The van der Waals surface area contributed by atoms with Crippen LogP contribution in [0.2, 0.25) is 0 Å². The number of carbonyl (C=O) groups excluding carboxylic acids is 1. The topological polar surface area (TPSA) is 66.2 Å². The molecule has 1 heterocycles. The zero-order chi connectivity index (χ0) is 12.8. The molecule has 0 fully saturated rings. The molecule has 0 aliphatic rings. The van der Waals surface area contributed by atoms with Gasteiger partial charge < -0.3 is 9.47 Å². The van der Waals surface area contributed by atoms with E-state index < -0.39 is 5.97 Å². The van der Waals surface area contributed by atoms with Crippen LogP contribution < -0.4 is 0 Å². The maximum absolute atomic E-state index is 11.5. The molecule has 0 radical (unpaired) electrons. The number of hydrogen-bond donors (Lipinski definition) is 0. The number of nitrogens with zero attached hydrogens (tertiary/aromatic N) is 3. The van der Waals surface area contributed by atoms with Crippen LogP contribution >= 0.6 is 0 Å². The van der Waals surface area contributed by atoms with Crippen molar-refractivity contribution in [2.24, 2.45) is 0 Å². The summed E-state index contributed by atoms with van der Waals surface area (Å²) in [4.78, 5) is 11.5. The van der Waals surface area contributed by atoms with Gasteiger partial charge in [-0.15, -0.1) is 5.10 Å². The maximum atomic E-state index is 11.5. The monoisotopic (exact) mass is 241 g/mol. The fraction of sp³-hybridized carbons (Fsp3) is 0.727. The van der Waals surface area contributed by atoms with Gasteiger partial charge in [0.15, 0.2) is 5.69 Å². The fourth-order valence-corrected chi connectivity index (χ4v) is 1.73. The highest BCUT2D eigenvalue weighted by Crippen LogP contribution is 2.17. The van der Waals surface area contributed by atoms with Gasteiger partial charge in [0.05, 0.1) is 25.5 Å². The second-order valence-corrected chi connectivity index (χ2v) is 3.89. The first-order valence-corrected chi connectivity index (χ1v) is 5.67. The van der Waals surface area contributed by atoms with Crippen molar-refractivity contribution in [3.63, 3.8) is 0 Å². The van der Waals surface area contributed by atoms with E-state index in [0.717, 1.165) is 12.8 Å². The van der Waals surface area contributed by atoms with E-state index in [-0.39, 0.29) is 11.7 Å². The summed E-state index contributed by atoms with van der Waals surface area (Å²) in [5.74, 6) is -0.480. The van der Waals surface area contributed by atoms with Crippen LogP contribution in [-0.4, -0.2) is 35.2 Å². The molecule has 0 aliphatic heterocycles. The Morgan fingerprint density at radius 3 is 2.71 bits per heavy atom. The Morgan fingerprint density at radius 1 is 1.47 bits per heavy atom. The highest BCUT2D eigenvalue weighted by Gasteiger charge is 2.22. The van der Waals surface area contributed by atoms with Gasteiger partial charge in [0.25, 0.3) is 0 Å². The largest absolute Gasteiger partial charge is 0.464 e. The molecule has 1 aromatic heterocycles. The second kappa shape index (κ2) is 6.34. The summed E-state index contributed by atoms with van der Waals surface area (Å²) in [5, 5.41) is 7.88. The molecule has 0 aliphatic carbocycles. The molecule has 96 valence electrons. The predicted molar refractivity (Wildman–Crippen MR) is 61.7 cm³/mol. The quantitative estimate of drug-likeness (QED) is 0.707. The third-order valence-corrected chi connectivity index (χ3v) is 2.57. The molecule has 0 saturated carbocycles. The molecular formula is C11H19N3O3. The average Bonchev–Trinajstić information content (AvgIpc) is 2.73. The predicted octanol–water partition coefficient (Wildman–Crippen LogP) is 1.57. The van der Waals surface area contributed by atoms with Crippen molar-refractivity contribution in [2.75, 3.05) is 14.2 Å². The minimum Gasteiger partial charge on any atom is -0.464 e. The van der Waals surface area contributed by atoms with Crippen LogP contribution in [-0.2, 0) is 16.1 Å². The van der Waals surface area contributed by atoms with Crippen molar-refractivity contribution < 1.29 is 14.3 Å². The van der Waals surface area contributed by atoms with Gasteiger partial charge in [0.1, 0.15) is 0 Å². The van der Waals surface area contributed by atoms with Gasteiger partial charge >= 0.3 is 5.97 Å². The van der Waals surface area contributed by atoms with E-state index in [4.69, 9.17) is 4.74 Å². The first-order valence-electron chi connectivity index (χ1n) is 5.67. The number of esters is 1. The van der Waals surface area contributed by atoms with Crippen molar-refractivity contribution in [1.29, 1.82) is 0 Å². The van der Waals surface area contributed by atoms with Crippen molar-refractivity contribution in [3.8, 4) is 0 Å². The lowest BCUT2D eigenvalue weighted by Gasteiger charge is -2.13.